The van der Waals surface area contributed by atoms with Crippen LogP contribution in [0.5, 0.6) is 5.75 Å². The zero-order chi connectivity index (χ0) is 17.4. The van der Waals surface area contributed by atoms with E-state index in [4.69, 9.17) is 10.5 Å². The summed E-state index contributed by atoms with van der Waals surface area (Å²) in [4.78, 5) is 23.7. The summed E-state index contributed by atoms with van der Waals surface area (Å²) in [5.41, 5.74) is 7.39. The van der Waals surface area contributed by atoms with Crippen LogP contribution in [0.1, 0.15) is 12.0 Å². The number of methoxy groups -OCH3 is 1. The van der Waals surface area contributed by atoms with Gasteiger partial charge in [-0.15, -0.1) is 0 Å². The molecule has 0 bridgehead atoms. The maximum Gasteiger partial charge on any atom is 0.238 e. The molecule has 0 unspecified atom stereocenters. The maximum atomic E-state index is 12.2. The number of anilines is 2. The molecule has 0 spiro atoms. The van der Waals surface area contributed by atoms with Gasteiger partial charge in [0.05, 0.1) is 25.0 Å². The first-order chi connectivity index (χ1) is 11.6. The van der Waals surface area contributed by atoms with Crippen molar-refractivity contribution < 1.29 is 14.3 Å². The van der Waals surface area contributed by atoms with Gasteiger partial charge in [0.25, 0.3) is 0 Å². The van der Waals surface area contributed by atoms with Crippen molar-refractivity contribution in [3.63, 3.8) is 0 Å². The fraction of sp³-hybridized carbons (Fsp3) is 0.222. The van der Waals surface area contributed by atoms with Crippen molar-refractivity contribution in [3.8, 4) is 5.75 Å². The molecule has 0 saturated heterocycles. The third kappa shape index (κ3) is 5.10. The molecule has 4 N–H and O–H groups in total. The van der Waals surface area contributed by atoms with Crippen LogP contribution in [0.2, 0.25) is 0 Å². The topological polar surface area (TPSA) is 93.5 Å². The highest BCUT2D eigenvalue weighted by atomic mass is 16.5. The van der Waals surface area contributed by atoms with E-state index < -0.39 is 0 Å². The molecular weight excluding hydrogens is 306 g/mol. The first-order valence-electron chi connectivity index (χ1n) is 7.64. The molecule has 0 saturated carbocycles. The normalized spacial score (nSPS) is 10.1. The number of rotatable bonds is 7. The van der Waals surface area contributed by atoms with E-state index in [1.807, 2.05) is 30.3 Å². The molecule has 6 heteroatoms. The fourth-order valence-electron chi connectivity index (χ4n) is 2.18. The molecule has 2 amide bonds. The third-order valence-corrected chi connectivity index (χ3v) is 3.44. The second-order valence-corrected chi connectivity index (χ2v) is 5.20. The van der Waals surface area contributed by atoms with Crippen molar-refractivity contribution in [2.45, 2.75) is 12.8 Å². The molecule has 0 aliphatic heterocycles. The number of amides is 2. The van der Waals surface area contributed by atoms with E-state index in [9.17, 15) is 9.59 Å². The lowest BCUT2D eigenvalue weighted by molar-refractivity contribution is -0.116. The van der Waals surface area contributed by atoms with Gasteiger partial charge < -0.3 is 21.1 Å². The molecule has 24 heavy (non-hydrogen) atoms. The number of carbonyl (C=O) groups is 2. The van der Waals surface area contributed by atoms with E-state index in [0.29, 0.717) is 30.0 Å². The van der Waals surface area contributed by atoms with Gasteiger partial charge in [0, 0.05) is 12.5 Å². The zero-order valence-electron chi connectivity index (χ0n) is 13.5. The molecule has 2 aromatic rings. The van der Waals surface area contributed by atoms with Crippen LogP contribution in [0.4, 0.5) is 11.4 Å². The average Bonchev–Trinajstić information content (AvgIpc) is 2.62. The van der Waals surface area contributed by atoms with E-state index in [0.717, 1.165) is 5.56 Å². The van der Waals surface area contributed by atoms with Gasteiger partial charge in [-0.1, -0.05) is 30.3 Å². The van der Waals surface area contributed by atoms with Crippen LogP contribution >= 0.6 is 0 Å². The van der Waals surface area contributed by atoms with Gasteiger partial charge >= 0.3 is 0 Å². The van der Waals surface area contributed by atoms with Crippen LogP contribution in [0.15, 0.2) is 48.5 Å². The van der Waals surface area contributed by atoms with Crippen molar-refractivity contribution in [1.29, 1.82) is 0 Å². The Hall–Kier alpha value is -2.86. The molecule has 0 aliphatic carbocycles. The summed E-state index contributed by atoms with van der Waals surface area (Å²) in [6.07, 6.45) is 0.994. The number of nitrogens with one attached hydrogen (secondary N) is 2. The Morgan fingerprint density at radius 3 is 2.38 bits per heavy atom. The number of aryl methyl sites for hydroxylation is 1. The number of nitrogens with two attached hydrogens (primary N) is 1. The standard InChI is InChI=1S/C18H21N3O3/c1-24-14-8-9-15(16(11-14)21-18(23)12-19)20-17(22)10-7-13-5-3-2-4-6-13/h2-6,8-9,11H,7,10,12,19H2,1H3,(H,20,22)(H,21,23). The Morgan fingerprint density at radius 1 is 1.00 bits per heavy atom. The quantitative estimate of drug-likeness (QED) is 0.726. The average molecular weight is 327 g/mol. The van der Waals surface area contributed by atoms with Crippen molar-refractivity contribution in [2.24, 2.45) is 5.73 Å². The smallest absolute Gasteiger partial charge is 0.238 e. The third-order valence-electron chi connectivity index (χ3n) is 3.44. The minimum absolute atomic E-state index is 0.132. The molecule has 0 radical (unpaired) electrons. The summed E-state index contributed by atoms with van der Waals surface area (Å²) < 4.78 is 5.14. The summed E-state index contributed by atoms with van der Waals surface area (Å²) in [5.74, 6) is 0.0971. The zero-order valence-corrected chi connectivity index (χ0v) is 13.5. The highest BCUT2D eigenvalue weighted by molar-refractivity contribution is 6.00. The maximum absolute atomic E-state index is 12.2. The molecular formula is C18H21N3O3. The lowest BCUT2D eigenvalue weighted by Crippen LogP contribution is -2.23. The van der Waals surface area contributed by atoms with Crippen molar-refractivity contribution >= 4 is 23.2 Å². The molecule has 0 heterocycles. The minimum atomic E-state index is -0.344. The molecule has 0 aliphatic rings. The number of benzene rings is 2. The van der Waals surface area contributed by atoms with E-state index in [-0.39, 0.29) is 18.4 Å². The number of carbonyl (C=O) groups excluding carboxylic acids is 2. The Morgan fingerprint density at radius 2 is 1.71 bits per heavy atom. The van der Waals surface area contributed by atoms with Crippen LogP contribution < -0.4 is 21.1 Å². The van der Waals surface area contributed by atoms with Gasteiger partial charge in [-0.25, -0.2) is 0 Å². The summed E-state index contributed by atoms with van der Waals surface area (Å²) >= 11 is 0. The Labute approximate surface area is 141 Å². The van der Waals surface area contributed by atoms with E-state index in [1.165, 1.54) is 7.11 Å². The van der Waals surface area contributed by atoms with Crippen LogP contribution in [0.3, 0.4) is 0 Å². The van der Waals surface area contributed by atoms with Gasteiger partial charge in [0.1, 0.15) is 5.75 Å². The van der Waals surface area contributed by atoms with Crippen LogP contribution in [0.25, 0.3) is 0 Å². The van der Waals surface area contributed by atoms with Crippen LogP contribution in [0, 0.1) is 0 Å². The number of ether oxygens (including phenoxy) is 1. The second kappa shape index (κ2) is 8.69. The van der Waals surface area contributed by atoms with Crippen molar-refractivity contribution in [2.75, 3.05) is 24.3 Å². The molecule has 126 valence electrons. The minimum Gasteiger partial charge on any atom is -0.497 e. The van der Waals surface area contributed by atoms with Crippen LogP contribution in [-0.4, -0.2) is 25.5 Å². The van der Waals surface area contributed by atoms with Crippen molar-refractivity contribution in [1.82, 2.24) is 0 Å². The number of hydrogen-bond acceptors (Lipinski definition) is 4. The first-order valence-corrected chi connectivity index (χ1v) is 7.64. The predicted octanol–water partition coefficient (Wildman–Crippen LogP) is 2.16. The molecule has 2 rings (SSSR count). The Bertz CT molecular complexity index is 702. The molecule has 2 aromatic carbocycles. The van der Waals surface area contributed by atoms with E-state index in [2.05, 4.69) is 10.6 Å². The molecule has 0 aromatic heterocycles. The largest absolute Gasteiger partial charge is 0.497 e. The molecule has 6 nitrogen and oxygen atoms in total. The summed E-state index contributed by atoms with van der Waals surface area (Å²) in [6.45, 7) is -0.140. The van der Waals surface area contributed by atoms with Crippen molar-refractivity contribution in [3.05, 3.63) is 54.1 Å². The summed E-state index contributed by atoms with van der Waals surface area (Å²) in [7, 11) is 1.53. The molecule has 0 fully saturated rings. The monoisotopic (exact) mass is 327 g/mol. The predicted molar refractivity (Wildman–Crippen MR) is 94.1 cm³/mol. The van der Waals surface area contributed by atoms with E-state index >= 15 is 0 Å². The second-order valence-electron chi connectivity index (χ2n) is 5.20. The van der Waals surface area contributed by atoms with Gasteiger partial charge in [0.15, 0.2) is 0 Å². The highest BCUT2D eigenvalue weighted by Gasteiger charge is 2.11. The van der Waals surface area contributed by atoms with E-state index in [1.54, 1.807) is 18.2 Å². The summed E-state index contributed by atoms with van der Waals surface area (Å²) in [5, 5.41) is 5.47. The first kappa shape index (κ1) is 17.5. The molecule has 0 atom stereocenters. The highest BCUT2D eigenvalue weighted by Crippen LogP contribution is 2.27. The van der Waals surface area contributed by atoms with Gasteiger partial charge in [-0.2, -0.15) is 0 Å². The number of hydrogen-bond donors (Lipinski definition) is 3. The summed E-state index contributed by atoms with van der Waals surface area (Å²) in [6, 6.07) is 14.8. The lowest BCUT2D eigenvalue weighted by Gasteiger charge is -2.13. The lowest BCUT2D eigenvalue weighted by atomic mass is 10.1. The van der Waals surface area contributed by atoms with Gasteiger partial charge in [0.2, 0.25) is 11.8 Å². The van der Waals surface area contributed by atoms with Gasteiger partial charge in [-0.05, 0) is 24.1 Å². The SMILES string of the molecule is COc1ccc(NC(=O)CCc2ccccc2)c(NC(=O)CN)c1. The Kier molecular flexibility index (Phi) is 6.33. The Balaban J connectivity index is 2.04. The fourth-order valence-corrected chi connectivity index (χ4v) is 2.18. The van der Waals surface area contributed by atoms with Crippen LogP contribution in [-0.2, 0) is 16.0 Å². The van der Waals surface area contributed by atoms with Gasteiger partial charge in [-0.3, -0.25) is 9.59 Å².